The summed E-state index contributed by atoms with van der Waals surface area (Å²) in [7, 11) is 0. The molecule has 0 aliphatic carbocycles. The van der Waals surface area contributed by atoms with Crippen LogP contribution in [0.3, 0.4) is 0 Å². The van der Waals surface area contributed by atoms with E-state index in [1.807, 2.05) is 6.92 Å². The Morgan fingerprint density at radius 1 is 1.47 bits per heavy atom. The van der Waals surface area contributed by atoms with Gasteiger partial charge in [-0.3, -0.25) is 0 Å². The molecule has 0 saturated carbocycles. The molecule has 0 atom stereocenters. The van der Waals surface area contributed by atoms with Gasteiger partial charge in [0, 0.05) is 0 Å². The number of halogens is 1. The predicted molar refractivity (Wildman–Crippen MR) is 55.2 cm³/mol. The SMILES string of the molecule is Cc1nnc(Sc2nc(N)ncc2F)s1. The van der Waals surface area contributed by atoms with E-state index in [1.165, 1.54) is 11.3 Å². The van der Waals surface area contributed by atoms with Gasteiger partial charge in [0.25, 0.3) is 0 Å². The van der Waals surface area contributed by atoms with Crippen LogP contribution in [0.15, 0.2) is 15.6 Å². The molecule has 0 unspecified atom stereocenters. The number of aryl methyl sites for hydroxylation is 1. The molecule has 0 saturated heterocycles. The quantitative estimate of drug-likeness (QED) is 0.805. The second-order valence-electron chi connectivity index (χ2n) is 2.57. The summed E-state index contributed by atoms with van der Waals surface area (Å²) in [5.74, 6) is -0.470. The lowest BCUT2D eigenvalue weighted by Gasteiger charge is -1.98. The molecule has 2 aromatic rings. The molecule has 78 valence electrons. The maximum absolute atomic E-state index is 13.2. The molecule has 2 aromatic heterocycles. The van der Waals surface area contributed by atoms with Gasteiger partial charge in [-0.05, 0) is 18.7 Å². The molecular weight excluding hydrogens is 237 g/mol. The largest absolute Gasteiger partial charge is 0.368 e. The van der Waals surface area contributed by atoms with Crippen molar-refractivity contribution in [1.82, 2.24) is 20.2 Å². The van der Waals surface area contributed by atoms with E-state index in [0.717, 1.165) is 23.0 Å². The molecule has 0 aliphatic rings. The zero-order valence-corrected chi connectivity index (χ0v) is 9.27. The number of rotatable bonds is 2. The Labute approximate surface area is 93.0 Å². The summed E-state index contributed by atoms with van der Waals surface area (Å²) in [5, 5.41) is 8.65. The number of nitrogens with two attached hydrogens (primary N) is 1. The van der Waals surface area contributed by atoms with Crippen LogP contribution in [-0.4, -0.2) is 20.2 Å². The van der Waals surface area contributed by atoms with Crippen molar-refractivity contribution in [2.24, 2.45) is 0 Å². The maximum Gasteiger partial charge on any atom is 0.221 e. The van der Waals surface area contributed by atoms with Gasteiger partial charge in [0.1, 0.15) is 10.0 Å². The summed E-state index contributed by atoms with van der Waals surface area (Å²) in [4.78, 5) is 7.30. The summed E-state index contributed by atoms with van der Waals surface area (Å²) in [6, 6.07) is 0. The Kier molecular flexibility index (Phi) is 2.78. The number of nitrogen functional groups attached to an aromatic ring is 1. The molecule has 2 rings (SSSR count). The van der Waals surface area contributed by atoms with Crippen molar-refractivity contribution >= 4 is 29.0 Å². The van der Waals surface area contributed by atoms with Gasteiger partial charge >= 0.3 is 0 Å². The molecule has 15 heavy (non-hydrogen) atoms. The Hall–Kier alpha value is -1.28. The molecule has 0 bridgehead atoms. The maximum atomic E-state index is 13.2. The third-order valence-corrected chi connectivity index (χ3v) is 3.29. The van der Waals surface area contributed by atoms with Crippen molar-refractivity contribution in [3.63, 3.8) is 0 Å². The lowest BCUT2D eigenvalue weighted by molar-refractivity contribution is 0.580. The number of aromatic nitrogens is 4. The Morgan fingerprint density at radius 3 is 2.93 bits per heavy atom. The van der Waals surface area contributed by atoms with Crippen LogP contribution >= 0.6 is 23.1 Å². The molecule has 5 nitrogen and oxygen atoms in total. The summed E-state index contributed by atoms with van der Waals surface area (Å²) < 4.78 is 13.8. The first-order chi connectivity index (χ1) is 7.15. The average molecular weight is 243 g/mol. The zero-order chi connectivity index (χ0) is 10.8. The van der Waals surface area contributed by atoms with Gasteiger partial charge in [-0.1, -0.05) is 11.3 Å². The Balaban J connectivity index is 2.27. The summed E-state index contributed by atoms with van der Waals surface area (Å²) in [6.07, 6.45) is 1.04. The smallest absolute Gasteiger partial charge is 0.221 e. The van der Waals surface area contributed by atoms with Gasteiger partial charge in [-0.2, -0.15) is 0 Å². The highest BCUT2D eigenvalue weighted by Gasteiger charge is 2.10. The van der Waals surface area contributed by atoms with Gasteiger partial charge in [-0.15, -0.1) is 10.2 Å². The average Bonchev–Trinajstić information content (AvgIpc) is 2.58. The second-order valence-corrected chi connectivity index (χ2v) is 4.99. The van der Waals surface area contributed by atoms with E-state index in [9.17, 15) is 4.39 Å². The molecule has 0 amide bonds. The van der Waals surface area contributed by atoms with E-state index in [4.69, 9.17) is 5.73 Å². The molecular formula is C7H6FN5S2. The third-order valence-electron chi connectivity index (χ3n) is 1.42. The van der Waals surface area contributed by atoms with Crippen LogP contribution in [0.4, 0.5) is 10.3 Å². The molecule has 2 N–H and O–H groups in total. The zero-order valence-electron chi connectivity index (χ0n) is 7.64. The number of hydrogen-bond donors (Lipinski definition) is 1. The molecule has 0 aliphatic heterocycles. The van der Waals surface area contributed by atoms with Crippen LogP contribution < -0.4 is 5.73 Å². The lowest BCUT2D eigenvalue weighted by Crippen LogP contribution is -1.97. The summed E-state index contributed by atoms with van der Waals surface area (Å²) >= 11 is 2.46. The van der Waals surface area contributed by atoms with E-state index in [1.54, 1.807) is 0 Å². The number of anilines is 1. The minimum absolute atomic E-state index is 0.0418. The van der Waals surface area contributed by atoms with Gasteiger partial charge in [-0.25, -0.2) is 14.4 Å². The van der Waals surface area contributed by atoms with Crippen LogP contribution in [0.25, 0.3) is 0 Å². The molecule has 8 heteroatoms. The van der Waals surface area contributed by atoms with E-state index >= 15 is 0 Å². The van der Waals surface area contributed by atoms with Crippen molar-refractivity contribution in [1.29, 1.82) is 0 Å². The van der Waals surface area contributed by atoms with Crippen molar-refractivity contribution in [3.8, 4) is 0 Å². The molecule has 0 aromatic carbocycles. The summed E-state index contributed by atoms with van der Waals surface area (Å²) in [5.41, 5.74) is 5.35. The van der Waals surface area contributed by atoms with E-state index in [-0.39, 0.29) is 11.0 Å². The highest BCUT2D eigenvalue weighted by atomic mass is 32.2. The first-order valence-corrected chi connectivity index (χ1v) is 5.54. The first-order valence-electron chi connectivity index (χ1n) is 3.91. The topological polar surface area (TPSA) is 77.6 Å². The third kappa shape index (κ3) is 2.39. The minimum atomic E-state index is -0.512. The fourth-order valence-electron chi connectivity index (χ4n) is 0.838. The van der Waals surface area contributed by atoms with Crippen molar-refractivity contribution in [3.05, 3.63) is 17.0 Å². The predicted octanol–water partition coefficient (Wildman–Crippen LogP) is 1.51. The van der Waals surface area contributed by atoms with Crippen LogP contribution in [0, 0.1) is 12.7 Å². The van der Waals surface area contributed by atoms with Gasteiger partial charge < -0.3 is 5.73 Å². The van der Waals surface area contributed by atoms with E-state index < -0.39 is 5.82 Å². The second kappa shape index (κ2) is 4.07. The molecule has 0 spiro atoms. The standard InChI is InChI=1S/C7H6FN5S2/c1-3-12-13-7(14-3)15-5-4(8)2-10-6(9)11-5/h2H,1H3,(H2,9,10,11). The van der Waals surface area contributed by atoms with Crippen molar-refractivity contribution in [2.75, 3.05) is 5.73 Å². The fourth-order valence-corrected chi connectivity index (χ4v) is 2.56. The van der Waals surface area contributed by atoms with Crippen LogP contribution in [0.5, 0.6) is 0 Å². The highest BCUT2D eigenvalue weighted by molar-refractivity contribution is 8.01. The van der Waals surface area contributed by atoms with Crippen molar-refractivity contribution < 1.29 is 4.39 Å². The van der Waals surface area contributed by atoms with Crippen molar-refractivity contribution in [2.45, 2.75) is 16.3 Å². The van der Waals surface area contributed by atoms with E-state index in [0.29, 0.717) is 4.34 Å². The summed E-state index contributed by atoms with van der Waals surface area (Å²) in [6.45, 7) is 1.83. The van der Waals surface area contributed by atoms with Crippen LogP contribution in [0.1, 0.15) is 5.01 Å². The van der Waals surface area contributed by atoms with Gasteiger partial charge in [0.15, 0.2) is 10.2 Å². The Bertz CT molecular complexity index is 486. The highest BCUT2D eigenvalue weighted by Crippen LogP contribution is 2.30. The normalized spacial score (nSPS) is 10.5. The van der Waals surface area contributed by atoms with E-state index in [2.05, 4.69) is 20.2 Å². The fraction of sp³-hybridized carbons (Fsp3) is 0.143. The van der Waals surface area contributed by atoms with Crippen LogP contribution in [0.2, 0.25) is 0 Å². The molecule has 2 heterocycles. The Morgan fingerprint density at radius 2 is 2.27 bits per heavy atom. The molecule has 0 fully saturated rings. The molecule has 0 radical (unpaired) electrons. The van der Waals surface area contributed by atoms with Gasteiger partial charge in [0.05, 0.1) is 6.20 Å². The lowest BCUT2D eigenvalue weighted by atomic mass is 10.6. The number of nitrogens with zero attached hydrogens (tertiary/aromatic N) is 4. The minimum Gasteiger partial charge on any atom is -0.368 e. The first kappa shape index (κ1) is 10.2. The van der Waals surface area contributed by atoms with Gasteiger partial charge in [0.2, 0.25) is 5.95 Å². The van der Waals surface area contributed by atoms with Crippen LogP contribution in [-0.2, 0) is 0 Å². The monoisotopic (exact) mass is 243 g/mol. The number of hydrogen-bond acceptors (Lipinski definition) is 7.